The number of nitrogens with one attached hydrogen (secondary N) is 1. The number of hydrazone groups is 1. The molecule has 0 saturated heterocycles. The molecule has 0 aliphatic carbocycles. The highest BCUT2D eigenvalue weighted by Gasteiger charge is 2.22. The van der Waals surface area contributed by atoms with Crippen LogP contribution in [-0.2, 0) is 16.8 Å². The lowest BCUT2D eigenvalue weighted by molar-refractivity contribution is -0.123. The summed E-state index contributed by atoms with van der Waals surface area (Å²) in [6, 6.07) is 31.0. The first-order valence-corrected chi connectivity index (χ1v) is 12.9. The summed E-state index contributed by atoms with van der Waals surface area (Å²) in [4.78, 5) is 12.2. The minimum Gasteiger partial charge on any atom is -0.493 e. The van der Waals surface area contributed by atoms with E-state index in [1.165, 1.54) is 11.8 Å². The molecule has 4 aromatic carbocycles. The molecule has 0 aliphatic rings. The van der Waals surface area contributed by atoms with E-state index in [-0.39, 0.29) is 17.9 Å². The van der Waals surface area contributed by atoms with Crippen molar-refractivity contribution in [3.8, 4) is 17.2 Å². The van der Waals surface area contributed by atoms with Gasteiger partial charge in [-0.1, -0.05) is 80.0 Å². The molecule has 39 heavy (non-hydrogen) atoms. The fourth-order valence-electron chi connectivity index (χ4n) is 3.97. The van der Waals surface area contributed by atoms with Crippen molar-refractivity contribution < 1.29 is 19.0 Å². The molecule has 0 fully saturated rings. The first-order chi connectivity index (χ1) is 18.8. The summed E-state index contributed by atoms with van der Waals surface area (Å²) in [5, 5.41) is 4.70. The molecule has 0 radical (unpaired) electrons. The summed E-state index contributed by atoms with van der Waals surface area (Å²) in [5.41, 5.74) is 6.46. The van der Waals surface area contributed by atoms with Gasteiger partial charge in [0.05, 0.1) is 13.3 Å². The lowest BCUT2D eigenvalue weighted by atomic mass is 9.78. The maximum absolute atomic E-state index is 12.2. The van der Waals surface area contributed by atoms with Crippen LogP contribution in [0.4, 0.5) is 0 Å². The zero-order valence-corrected chi connectivity index (χ0v) is 22.9. The molecule has 0 unspecified atom stereocenters. The standard InChI is InChI=1S/C32H31ClN2O4/c1-32(2,25-7-5-4-6-8-25)26-12-16-28(17-13-26)38-22-31(36)35-34-20-24-11-18-29(30(19-24)37-3)39-21-23-9-14-27(33)15-10-23/h4-20H,21-22H2,1-3H3,(H,35,36)/b34-20+. The Morgan fingerprint density at radius 1 is 0.872 bits per heavy atom. The van der Waals surface area contributed by atoms with Gasteiger partial charge in [0, 0.05) is 10.4 Å². The number of carbonyl (C=O) groups is 1. The van der Waals surface area contributed by atoms with Crippen molar-refractivity contribution in [2.75, 3.05) is 13.7 Å². The zero-order chi connectivity index (χ0) is 27.7. The molecule has 0 bridgehead atoms. The third-order valence-corrected chi connectivity index (χ3v) is 6.59. The molecular weight excluding hydrogens is 512 g/mol. The average molecular weight is 543 g/mol. The van der Waals surface area contributed by atoms with Crippen molar-refractivity contribution in [2.45, 2.75) is 25.9 Å². The Hall–Kier alpha value is -4.29. The van der Waals surface area contributed by atoms with E-state index in [2.05, 4.69) is 36.5 Å². The van der Waals surface area contributed by atoms with Crippen molar-refractivity contribution in [1.29, 1.82) is 0 Å². The molecule has 0 spiro atoms. The highest BCUT2D eigenvalue weighted by Crippen LogP contribution is 2.32. The number of halogens is 1. The number of rotatable bonds is 11. The van der Waals surface area contributed by atoms with Crippen LogP contribution in [0.2, 0.25) is 5.02 Å². The number of hydrogen-bond donors (Lipinski definition) is 1. The third kappa shape index (κ3) is 7.62. The van der Waals surface area contributed by atoms with Crippen LogP contribution in [0.3, 0.4) is 0 Å². The molecule has 4 rings (SSSR count). The van der Waals surface area contributed by atoms with Crippen molar-refractivity contribution in [1.82, 2.24) is 5.43 Å². The molecule has 0 aliphatic heterocycles. The van der Waals surface area contributed by atoms with Gasteiger partial charge in [-0.05, 0) is 64.7 Å². The number of amides is 1. The molecular formula is C32H31ClN2O4. The largest absolute Gasteiger partial charge is 0.493 e. The van der Waals surface area contributed by atoms with Crippen molar-refractivity contribution in [2.24, 2.45) is 5.10 Å². The van der Waals surface area contributed by atoms with E-state index in [1.807, 2.05) is 72.8 Å². The summed E-state index contributed by atoms with van der Waals surface area (Å²) < 4.78 is 17.0. The highest BCUT2D eigenvalue weighted by molar-refractivity contribution is 6.30. The van der Waals surface area contributed by atoms with Crippen LogP contribution in [0.1, 0.15) is 36.1 Å². The fourth-order valence-corrected chi connectivity index (χ4v) is 4.10. The summed E-state index contributed by atoms with van der Waals surface area (Å²) in [6.45, 7) is 4.59. The van der Waals surface area contributed by atoms with Crippen molar-refractivity contribution in [3.05, 3.63) is 124 Å². The SMILES string of the molecule is COc1cc(/C=N/NC(=O)COc2ccc(C(C)(C)c3ccccc3)cc2)ccc1OCc1ccc(Cl)cc1. The summed E-state index contributed by atoms with van der Waals surface area (Å²) in [5.74, 6) is 1.40. The first kappa shape index (κ1) is 27.7. The molecule has 1 amide bonds. The van der Waals surface area contributed by atoms with Gasteiger partial charge in [-0.15, -0.1) is 0 Å². The molecule has 0 atom stereocenters. The van der Waals surface area contributed by atoms with Crippen LogP contribution in [0, 0.1) is 0 Å². The maximum atomic E-state index is 12.2. The Balaban J connectivity index is 1.26. The summed E-state index contributed by atoms with van der Waals surface area (Å²) in [7, 11) is 1.57. The molecule has 0 saturated carbocycles. The number of hydrogen-bond acceptors (Lipinski definition) is 5. The van der Waals surface area contributed by atoms with Gasteiger partial charge in [-0.2, -0.15) is 5.10 Å². The minimum absolute atomic E-state index is 0.143. The summed E-state index contributed by atoms with van der Waals surface area (Å²) in [6.07, 6.45) is 1.53. The van der Waals surface area contributed by atoms with Crippen LogP contribution in [0.5, 0.6) is 17.2 Å². The normalized spacial score (nSPS) is 11.3. The Labute approximate surface area is 234 Å². The Kier molecular flexibility index (Phi) is 9.23. The van der Waals surface area contributed by atoms with E-state index in [4.69, 9.17) is 25.8 Å². The summed E-state index contributed by atoms with van der Waals surface area (Å²) >= 11 is 5.93. The Morgan fingerprint density at radius 3 is 2.26 bits per heavy atom. The zero-order valence-electron chi connectivity index (χ0n) is 22.2. The van der Waals surface area contributed by atoms with Crippen molar-refractivity contribution >= 4 is 23.7 Å². The molecule has 6 nitrogen and oxygen atoms in total. The van der Waals surface area contributed by atoms with Crippen LogP contribution >= 0.6 is 11.6 Å². The third-order valence-electron chi connectivity index (χ3n) is 6.34. The van der Waals surface area contributed by atoms with Gasteiger partial charge in [0.2, 0.25) is 0 Å². The fraction of sp³-hybridized carbons (Fsp3) is 0.188. The molecule has 0 aromatic heterocycles. The lowest BCUT2D eigenvalue weighted by Gasteiger charge is -2.26. The number of nitrogens with zero attached hydrogens (tertiary/aromatic N) is 1. The maximum Gasteiger partial charge on any atom is 0.277 e. The molecule has 7 heteroatoms. The monoisotopic (exact) mass is 542 g/mol. The number of ether oxygens (including phenoxy) is 3. The number of benzene rings is 4. The van der Waals surface area contributed by atoms with E-state index in [9.17, 15) is 4.79 Å². The van der Waals surface area contributed by atoms with Crippen LogP contribution in [-0.4, -0.2) is 25.8 Å². The predicted molar refractivity (Wildman–Crippen MR) is 155 cm³/mol. The number of methoxy groups -OCH3 is 1. The molecule has 1 N–H and O–H groups in total. The number of carbonyl (C=O) groups excluding carboxylic acids is 1. The van der Waals surface area contributed by atoms with Gasteiger partial charge in [0.15, 0.2) is 18.1 Å². The van der Waals surface area contributed by atoms with E-state index in [1.54, 1.807) is 19.2 Å². The second-order valence-electron chi connectivity index (χ2n) is 9.42. The Bertz CT molecular complexity index is 1400. The van der Waals surface area contributed by atoms with Gasteiger partial charge in [0.1, 0.15) is 12.4 Å². The van der Waals surface area contributed by atoms with Gasteiger partial charge in [0.25, 0.3) is 5.91 Å². The average Bonchev–Trinajstić information content (AvgIpc) is 2.96. The van der Waals surface area contributed by atoms with Crippen LogP contribution in [0.15, 0.2) is 102 Å². The minimum atomic E-state index is -0.366. The van der Waals surface area contributed by atoms with Crippen LogP contribution in [0.25, 0.3) is 0 Å². The van der Waals surface area contributed by atoms with E-state index >= 15 is 0 Å². The lowest BCUT2D eigenvalue weighted by Crippen LogP contribution is -2.24. The van der Waals surface area contributed by atoms with E-state index < -0.39 is 0 Å². The van der Waals surface area contributed by atoms with Gasteiger partial charge in [-0.25, -0.2) is 5.43 Å². The smallest absolute Gasteiger partial charge is 0.277 e. The quantitative estimate of drug-likeness (QED) is 0.167. The highest BCUT2D eigenvalue weighted by atomic mass is 35.5. The molecule has 0 heterocycles. The molecule has 200 valence electrons. The first-order valence-electron chi connectivity index (χ1n) is 12.5. The van der Waals surface area contributed by atoms with Gasteiger partial charge in [-0.3, -0.25) is 4.79 Å². The predicted octanol–water partition coefficient (Wildman–Crippen LogP) is 6.78. The van der Waals surface area contributed by atoms with E-state index in [0.29, 0.717) is 28.9 Å². The van der Waals surface area contributed by atoms with Gasteiger partial charge >= 0.3 is 0 Å². The molecule has 4 aromatic rings. The van der Waals surface area contributed by atoms with Crippen LogP contribution < -0.4 is 19.6 Å². The second-order valence-corrected chi connectivity index (χ2v) is 9.86. The van der Waals surface area contributed by atoms with E-state index in [0.717, 1.165) is 16.7 Å². The van der Waals surface area contributed by atoms with Gasteiger partial charge < -0.3 is 14.2 Å². The Morgan fingerprint density at radius 2 is 1.56 bits per heavy atom. The van der Waals surface area contributed by atoms with Crippen molar-refractivity contribution in [3.63, 3.8) is 0 Å². The topological polar surface area (TPSA) is 69.2 Å². The second kappa shape index (κ2) is 13.0.